The predicted molar refractivity (Wildman–Crippen MR) is 53.1 cm³/mol. The zero-order valence-corrected chi connectivity index (χ0v) is 8.01. The van der Waals surface area contributed by atoms with Gasteiger partial charge in [-0.2, -0.15) is 0 Å². The molecule has 1 unspecified atom stereocenters. The summed E-state index contributed by atoms with van der Waals surface area (Å²) in [6, 6.07) is 3.79. The minimum Gasteiger partial charge on any atom is -0.506 e. The van der Waals surface area contributed by atoms with Gasteiger partial charge in [-0.15, -0.1) is 0 Å². The summed E-state index contributed by atoms with van der Waals surface area (Å²) >= 11 is 5.97. The Kier molecular flexibility index (Phi) is 2.18. The summed E-state index contributed by atoms with van der Waals surface area (Å²) in [7, 11) is 0. The summed E-state index contributed by atoms with van der Waals surface area (Å²) in [4.78, 5) is 0. The number of hydrogen-bond donors (Lipinski definition) is 2. The Morgan fingerprint density at radius 1 is 1.46 bits per heavy atom. The van der Waals surface area contributed by atoms with Crippen molar-refractivity contribution < 1.29 is 5.11 Å². The number of rotatable bonds is 0. The lowest BCUT2D eigenvalue weighted by molar-refractivity contribution is 0.472. The Labute approximate surface area is 82.3 Å². The van der Waals surface area contributed by atoms with Gasteiger partial charge in [0.05, 0.1) is 5.02 Å². The molecule has 0 spiro atoms. The van der Waals surface area contributed by atoms with Crippen molar-refractivity contribution in [3.63, 3.8) is 0 Å². The second kappa shape index (κ2) is 3.20. The first-order chi connectivity index (χ1) is 6.18. The molecule has 0 saturated heterocycles. The van der Waals surface area contributed by atoms with Crippen LogP contribution in [0.25, 0.3) is 0 Å². The fourth-order valence-corrected chi connectivity index (χ4v) is 2.10. The molecule has 70 valence electrons. The third-order valence-electron chi connectivity index (χ3n) is 2.57. The predicted octanol–water partition coefficient (Wildman–Crippen LogP) is 1.86. The maximum Gasteiger partial charge on any atom is 0.134 e. The van der Waals surface area contributed by atoms with Crippen LogP contribution in [0.15, 0.2) is 12.1 Å². The van der Waals surface area contributed by atoms with Crippen LogP contribution in [0.1, 0.15) is 17.5 Å². The third-order valence-corrected chi connectivity index (χ3v) is 2.99. The molecule has 2 rings (SSSR count). The number of aromatic hydroxyl groups is 1. The van der Waals surface area contributed by atoms with Gasteiger partial charge in [-0.05, 0) is 36.5 Å². The minimum absolute atomic E-state index is 0.177. The molecule has 3 N–H and O–H groups in total. The van der Waals surface area contributed by atoms with E-state index in [1.165, 1.54) is 5.56 Å². The molecule has 1 aromatic carbocycles. The van der Waals surface area contributed by atoms with Gasteiger partial charge in [0.1, 0.15) is 5.75 Å². The van der Waals surface area contributed by atoms with Crippen molar-refractivity contribution in [1.29, 1.82) is 0 Å². The Bertz CT molecular complexity index is 338. The van der Waals surface area contributed by atoms with E-state index in [1.807, 2.05) is 6.07 Å². The van der Waals surface area contributed by atoms with Crippen molar-refractivity contribution in [2.75, 3.05) is 0 Å². The number of phenolic OH excluding ortho intramolecular Hbond substituents is 1. The second-order valence-electron chi connectivity index (χ2n) is 3.54. The van der Waals surface area contributed by atoms with Crippen LogP contribution in [0.4, 0.5) is 0 Å². The molecule has 13 heavy (non-hydrogen) atoms. The Morgan fingerprint density at radius 3 is 3.00 bits per heavy atom. The van der Waals surface area contributed by atoms with Crippen LogP contribution >= 0.6 is 11.6 Å². The zero-order chi connectivity index (χ0) is 9.42. The van der Waals surface area contributed by atoms with Crippen LogP contribution in [0, 0.1) is 0 Å². The highest BCUT2D eigenvalue weighted by atomic mass is 35.5. The highest BCUT2D eigenvalue weighted by molar-refractivity contribution is 6.32. The fourth-order valence-electron chi connectivity index (χ4n) is 1.82. The molecule has 1 aromatic rings. The molecule has 1 aliphatic carbocycles. The van der Waals surface area contributed by atoms with Gasteiger partial charge in [-0.3, -0.25) is 0 Å². The van der Waals surface area contributed by atoms with E-state index in [-0.39, 0.29) is 11.8 Å². The number of phenols is 1. The van der Waals surface area contributed by atoms with E-state index in [9.17, 15) is 5.11 Å². The highest BCUT2D eigenvalue weighted by Gasteiger charge is 2.18. The van der Waals surface area contributed by atoms with E-state index in [0.717, 1.165) is 24.8 Å². The molecule has 1 aliphatic rings. The molecule has 0 radical (unpaired) electrons. The van der Waals surface area contributed by atoms with Crippen molar-refractivity contribution in [3.05, 3.63) is 28.3 Å². The van der Waals surface area contributed by atoms with Crippen molar-refractivity contribution in [3.8, 4) is 5.75 Å². The highest BCUT2D eigenvalue weighted by Crippen LogP contribution is 2.33. The molecule has 3 heteroatoms. The summed E-state index contributed by atoms with van der Waals surface area (Å²) in [5.41, 5.74) is 8.09. The van der Waals surface area contributed by atoms with Crippen molar-refractivity contribution in [2.45, 2.75) is 25.3 Å². The van der Waals surface area contributed by atoms with Crippen LogP contribution in [-0.4, -0.2) is 11.1 Å². The van der Waals surface area contributed by atoms with E-state index in [2.05, 4.69) is 0 Å². The van der Waals surface area contributed by atoms with Crippen LogP contribution in [0.5, 0.6) is 5.75 Å². The van der Waals surface area contributed by atoms with Crippen molar-refractivity contribution in [1.82, 2.24) is 0 Å². The minimum atomic E-state index is 0.177. The van der Waals surface area contributed by atoms with E-state index in [4.69, 9.17) is 17.3 Å². The van der Waals surface area contributed by atoms with Crippen LogP contribution in [0.3, 0.4) is 0 Å². The van der Waals surface area contributed by atoms with Gasteiger partial charge in [0.25, 0.3) is 0 Å². The molecule has 1 atom stereocenters. The van der Waals surface area contributed by atoms with Gasteiger partial charge >= 0.3 is 0 Å². The van der Waals surface area contributed by atoms with E-state index < -0.39 is 0 Å². The largest absolute Gasteiger partial charge is 0.506 e. The van der Waals surface area contributed by atoms with Crippen LogP contribution in [0.2, 0.25) is 5.02 Å². The van der Waals surface area contributed by atoms with Crippen LogP contribution < -0.4 is 5.73 Å². The number of hydrogen-bond acceptors (Lipinski definition) is 2. The van der Waals surface area contributed by atoms with Gasteiger partial charge in [-0.25, -0.2) is 0 Å². The maximum atomic E-state index is 9.38. The standard InChI is InChI=1S/C10H12ClNO/c11-10-8-3-2-7(12)5-6(8)1-4-9(10)13/h1,4,7,13H,2-3,5,12H2. The van der Waals surface area contributed by atoms with Crippen LogP contribution in [-0.2, 0) is 12.8 Å². The summed E-state index contributed by atoms with van der Waals surface area (Å²) in [6.45, 7) is 0. The molecule has 0 saturated carbocycles. The SMILES string of the molecule is NC1CCc2c(ccc(O)c2Cl)C1. The molecule has 0 fully saturated rings. The van der Waals surface area contributed by atoms with Crippen molar-refractivity contribution in [2.24, 2.45) is 5.73 Å². The van der Waals surface area contributed by atoms with E-state index in [1.54, 1.807) is 6.07 Å². The van der Waals surface area contributed by atoms with Gasteiger partial charge in [0, 0.05) is 6.04 Å². The molecule has 0 aromatic heterocycles. The topological polar surface area (TPSA) is 46.2 Å². The van der Waals surface area contributed by atoms with Gasteiger partial charge in [0.2, 0.25) is 0 Å². The monoisotopic (exact) mass is 197 g/mol. The second-order valence-corrected chi connectivity index (χ2v) is 3.92. The first-order valence-corrected chi connectivity index (χ1v) is 4.81. The normalized spacial score (nSPS) is 21.2. The molecule has 2 nitrogen and oxygen atoms in total. The maximum absolute atomic E-state index is 9.38. The average molecular weight is 198 g/mol. The van der Waals surface area contributed by atoms with E-state index >= 15 is 0 Å². The number of halogens is 1. The molecule has 0 aliphatic heterocycles. The van der Waals surface area contributed by atoms with E-state index in [0.29, 0.717) is 5.02 Å². The molecule has 0 bridgehead atoms. The fraction of sp³-hybridized carbons (Fsp3) is 0.400. The summed E-state index contributed by atoms with van der Waals surface area (Å²) in [6.07, 6.45) is 2.70. The number of fused-ring (bicyclic) bond motifs is 1. The summed E-state index contributed by atoms with van der Waals surface area (Å²) in [5, 5.41) is 9.88. The lowest BCUT2D eigenvalue weighted by Crippen LogP contribution is -2.27. The van der Waals surface area contributed by atoms with Gasteiger partial charge in [-0.1, -0.05) is 17.7 Å². The zero-order valence-electron chi connectivity index (χ0n) is 7.26. The first-order valence-electron chi connectivity index (χ1n) is 4.43. The molecule has 0 heterocycles. The molecular formula is C10H12ClNO. The Morgan fingerprint density at radius 2 is 2.23 bits per heavy atom. The Balaban J connectivity index is 2.47. The van der Waals surface area contributed by atoms with Gasteiger partial charge in [0.15, 0.2) is 0 Å². The van der Waals surface area contributed by atoms with Gasteiger partial charge < -0.3 is 10.8 Å². The molecule has 0 amide bonds. The lowest BCUT2D eigenvalue weighted by Gasteiger charge is -2.22. The molecular weight excluding hydrogens is 186 g/mol. The smallest absolute Gasteiger partial charge is 0.134 e. The quantitative estimate of drug-likeness (QED) is 0.667. The lowest BCUT2D eigenvalue weighted by atomic mass is 9.88. The summed E-state index contributed by atoms with van der Waals surface area (Å²) < 4.78 is 0. The number of benzene rings is 1. The average Bonchev–Trinajstić information content (AvgIpc) is 2.12. The van der Waals surface area contributed by atoms with Crippen molar-refractivity contribution >= 4 is 11.6 Å². The Hall–Kier alpha value is -0.730. The first kappa shape index (κ1) is 8.85. The third kappa shape index (κ3) is 1.52. The number of nitrogens with two attached hydrogens (primary N) is 1. The summed E-state index contributed by atoms with van der Waals surface area (Å²) in [5.74, 6) is 0.177.